The summed E-state index contributed by atoms with van der Waals surface area (Å²) in [5.41, 5.74) is 0.438. The third-order valence-electron chi connectivity index (χ3n) is 3.09. The normalized spacial score (nSPS) is 10.5. The molecular formula is C15H19N3O5. The van der Waals surface area contributed by atoms with Crippen LogP contribution in [-0.4, -0.2) is 50.3 Å². The molecule has 0 aliphatic heterocycles. The van der Waals surface area contributed by atoms with Crippen molar-refractivity contribution >= 4 is 17.7 Å². The van der Waals surface area contributed by atoms with Gasteiger partial charge in [0.25, 0.3) is 6.26 Å². The van der Waals surface area contributed by atoms with Crippen LogP contribution >= 0.6 is 0 Å². The number of quaternary nitrogens is 1. The molecule has 124 valence electrons. The van der Waals surface area contributed by atoms with Gasteiger partial charge in [0.1, 0.15) is 18.9 Å². The molecule has 0 atom stereocenters. The molecule has 1 rings (SSSR count). The summed E-state index contributed by atoms with van der Waals surface area (Å²) in [6.07, 6.45) is 0.853. The van der Waals surface area contributed by atoms with Crippen molar-refractivity contribution in [2.45, 2.75) is 6.42 Å². The Kier molecular flexibility index (Phi) is 6.83. The summed E-state index contributed by atoms with van der Waals surface area (Å²) in [5.74, 6) is -0.792. The van der Waals surface area contributed by atoms with Crippen molar-refractivity contribution in [1.29, 1.82) is 5.26 Å². The van der Waals surface area contributed by atoms with E-state index < -0.39 is 12.1 Å². The second-order valence-electron chi connectivity index (χ2n) is 5.49. The number of benzene rings is 1. The summed E-state index contributed by atoms with van der Waals surface area (Å²) in [7, 11) is 3.68. The highest BCUT2D eigenvalue weighted by Gasteiger charge is 2.16. The number of hydrogen-bond donors (Lipinski definition) is 1. The predicted octanol–water partition coefficient (Wildman–Crippen LogP) is 0.311. The van der Waals surface area contributed by atoms with E-state index in [1.807, 2.05) is 14.1 Å². The average Bonchev–Trinajstić information content (AvgIpc) is 2.46. The van der Waals surface area contributed by atoms with Crippen LogP contribution in [0.5, 0.6) is 5.75 Å². The van der Waals surface area contributed by atoms with Crippen LogP contribution in [0.1, 0.15) is 6.42 Å². The number of rotatable bonds is 8. The Morgan fingerprint density at radius 3 is 2.74 bits per heavy atom. The van der Waals surface area contributed by atoms with Gasteiger partial charge in [-0.3, -0.25) is 5.32 Å². The average molecular weight is 321 g/mol. The van der Waals surface area contributed by atoms with Gasteiger partial charge < -0.3 is 23.9 Å². The number of carbonyl (C=O) groups is 2. The Bertz CT molecular complexity index is 595. The van der Waals surface area contributed by atoms with Crippen molar-refractivity contribution in [3.8, 4) is 12.0 Å². The second kappa shape index (κ2) is 8.60. The number of amides is 1. The lowest BCUT2D eigenvalue weighted by atomic mass is 10.3. The van der Waals surface area contributed by atoms with Crippen LogP contribution < -0.4 is 15.2 Å². The molecule has 0 unspecified atom stereocenters. The first-order chi connectivity index (χ1) is 10.8. The molecule has 1 aromatic rings. The number of likely N-dealkylation sites (N-methyl/N-ethyl adjacent to an activating group) is 1. The highest BCUT2D eigenvalue weighted by atomic mass is 16.5. The lowest BCUT2D eigenvalue weighted by Gasteiger charge is -2.29. The van der Waals surface area contributed by atoms with Gasteiger partial charge in [0, 0.05) is 24.1 Å². The summed E-state index contributed by atoms with van der Waals surface area (Å²) >= 11 is 0. The highest BCUT2D eigenvalue weighted by molar-refractivity contribution is 5.84. The Hall–Kier alpha value is -2.79. The molecule has 0 heterocycles. The van der Waals surface area contributed by atoms with Gasteiger partial charge in [-0.05, 0) is 12.1 Å². The molecule has 23 heavy (non-hydrogen) atoms. The van der Waals surface area contributed by atoms with E-state index in [1.165, 1.54) is 6.07 Å². The molecule has 1 N–H and O–H groups in total. The summed E-state index contributed by atoms with van der Waals surface area (Å²) < 4.78 is 10.1. The zero-order chi connectivity index (χ0) is 17.3. The Balaban J connectivity index is 2.38. The molecular weight excluding hydrogens is 302 g/mol. The lowest BCUT2D eigenvalue weighted by Crippen LogP contribution is -2.45. The number of hydrogen-bond acceptors (Lipinski definition) is 6. The van der Waals surface area contributed by atoms with Gasteiger partial charge in [0.15, 0.2) is 0 Å². The van der Waals surface area contributed by atoms with Crippen LogP contribution in [0, 0.1) is 11.5 Å². The standard InChI is InChI=1S/C15H19N3O5/c1-18(2,7-6-14(19)20)8-9-22-15(21)17-12-4-3-5-13(10-12)23-11-16/h3-5,10H,6-9H2,1-2H3,(H-,17,19,20,21). The van der Waals surface area contributed by atoms with Crippen LogP contribution in [0.4, 0.5) is 10.5 Å². The number of nitrogens with zero attached hydrogens (tertiary/aromatic N) is 2. The highest BCUT2D eigenvalue weighted by Crippen LogP contribution is 2.17. The first-order valence-corrected chi connectivity index (χ1v) is 6.94. The lowest BCUT2D eigenvalue weighted by molar-refractivity contribution is -0.890. The van der Waals surface area contributed by atoms with Gasteiger partial charge in [-0.15, -0.1) is 5.26 Å². The zero-order valence-electron chi connectivity index (χ0n) is 13.1. The summed E-state index contributed by atoms with van der Waals surface area (Å²) in [6.45, 7) is 0.999. The minimum absolute atomic E-state index is 0.0507. The van der Waals surface area contributed by atoms with Crippen LogP contribution in [-0.2, 0) is 9.53 Å². The summed E-state index contributed by atoms with van der Waals surface area (Å²) in [5, 5.41) is 21.4. The topological polar surface area (TPSA) is 111 Å². The van der Waals surface area contributed by atoms with Crippen LogP contribution in [0.15, 0.2) is 24.3 Å². The van der Waals surface area contributed by atoms with E-state index in [4.69, 9.17) is 10.00 Å². The maximum Gasteiger partial charge on any atom is 0.411 e. The fourth-order valence-corrected chi connectivity index (χ4v) is 1.74. The van der Waals surface area contributed by atoms with E-state index in [0.717, 1.165) is 0 Å². The molecule has 0 fully saturated rings. The van der Waals surface area contributed by atoms with Gasteiger partial charge in [-0.1, -0.05) is 6.07 Å². The molecule has 0 aromatic heterocycles. The molecule has 0 bridgehead atoms. The van der Waals surface area contributed by atoms with Gasteiger partial charge in [-0.25, -0.2) is 4.79 Å². The zero-order valence-corrected chi connectivity index (χ0v) is 13.1. The predicted molar refractivity (Wildman–Crippen MR) is 79.1 cm³/mol. The Labute approximate surface area is 134 Å². The minimum atomic E-state index is -1.10. The van der Waals surface area contributed by atoms with E-state index in [9.17, 15) is 14.7 Å². The molecule has 0 aliphatic carbocycles. The number of ether oxygens (including phenoxy) is 2. The molecule has 0 saturated carbocycles. The molecule has 0 radical (unpaired) electrons. The van der Waals surface area contributed by atoms with Crippen molar-refractivity contribution in [2.75, 3.05) is 39.1 Å². The number of anilines is 1. The van der Waals surface area contributed by atoms with E-state index in [2.05, 4.69) is 10.1 Å². The number of carbonyl (C=O) groups excluding carboxylic acids is 2. The smallest absolute Gasteiger partial charge is 0.411 e. The van der Waals surface area contributed by atoms with Crippen molar-refractivity contribution in [3.63, 3.8) is 0 Å². The fraction of sp³-hybridized carbons (Fsp3) is 0.400. The molecule has 8 nitrogen and oxygen atoms in total. The number of aliphatic carboxylic acids is 1. The Morgan fingerprint density at radius 2 is 2.09 bits per heavy atom. The van der Waals surface area contributed by atoms with Gasteiger partial charge >= 0.3 is 6.09 Å². The van der Waals surface area contributed by atoms with Crippen LogP contribution in [0.2, 0.25) is 0 Å². The van der Waals surface area contributed by atoms with Crippen LogP contribution in [0.25, 0.3) is 0 Å². The number of carboxylic acid groups (broad SMARTS) is 1. The molecule has 0 saturated heterocycles. The van der Waals surface area contributed by atoms with Gasteiger partial charge in [0.05, 0.1) is 20.6 Å². The van der Waals surface area contributed by atoms with Crippen molar-refractivity contribution in [1.82, 2.24) is 0 Å². The number of carboxylic acids is 1. The minimum Gasteiger partial charge on any atom is -0.550 e. The van der Waals surface area contributed by atoms with Crippen molar-refractivity contribution in [2.24, 2.45) is 0 Å². The van der Waals surface area contributed by atoms with Crippen LogP contribution in [0.3, 0.4) is 0 Å². The quantitative estimate of drug-likeness (QED) is 0.545. The third kappa shape index (κ3) is 7.68. The first-order valence-electron chi connectivity index (χ1n) is 6.94. The summed E-state index contributed by atoms with van der Waals surface area (Å²) in [4.78, 5) is 22.1. The van der Waals surface area contributed by atoms with Gasteiger partial charge in [0.2, 0.25) is 0 Å². The largest absolute Gasteiger partial charge is 0.550 e. The van der Waals surface area contributed by atoms with E-state index >= 15 is 0 Å². The molecule has 0 spiro atoms. The maximum atomic E-state index is 11.7. The van der Waals surface area contributed by atoms with E-state index in [1.54, 1.807) is 24.5 Å². The number of nitrogens with one attached hydrogen (secondary N) is 1. The van der Waals surface area contributed by atoms with Crippen molar-refractivity contribution < 1.29 is 28.7 Å². The number of nitriles is 1. The SMILES string of the molecule is C[N+](C)(CCOC(=O)Nc1cccc(OC#N)c1)CCC(=O)[O-]. The second-order valence-corrected chi connectivity index (χ2v) is 5.49. The third-order valence-corrected chi connectivity index (χ3v) is 3.09. The van der Waals surface area contributed by atoms with E-state index in [0.29, 0.717) is 29.0 Å². The summed E-state index contributed by atoms with van der Waals surface area (Å²) in [6, 6.07) is 6.33. The monoisotopic (exact) mass is 321 g/mol. The maximum absolute atomic E-state index is 11.7. The fourth-order valence-electron chi connectivity index (χ4n) is 1.74. The molecule has 1 amide bonds. The molecule has 0 aliphatic rings. The van der Waals surface area contributed by atoms with E-state index in [-0.39, 0.29) is 13.0 Å². The first kappa shape index (κ1) is 18.3. The molecule has 8 heteroatoms. The van der Waals surface area contributed by atoms with Crippen molar-refractivity contribution in [3.05, 3.63) is 24.3 Å². The Morgan fingerprint density at radius 1 is 1.35 bits per heavy atom. The molecule has 1 aromatic carbocycles. The van der Waals surface area contributed by atoms with Gasteiger partial charge in [-0.2, -0.15) is 0 Å².